The van der Waals surface area contributed by atoms with Gasteiger partial charge in [0.1, 0.15) is 5.92 Å². The highest BCUT2D eigenvalue weighted by molar-refractivity contribution is 6.42. The van der Waals surface area contributed by atoms with Gasteiger partial charge in [0, 0.05) is 29.3 Å². The molecule has 0 amide bonds. The van der Waals surface area contributed by atoms with Crippen LogP contribution in [0.25, 0.3) is 0 Å². The molecule has 0 radical (unpaired) electrons. The first kappa shape index (κ1) is 20.1. The third kappa shape index (κ3) is 3.83. The van der Waals surface area contributed by atoms with Crippen molar-refractivity contribution in [2.24, 2.45) is 16.3 Å². The Morgan fingerprint density at radius 2 is 1.96 bits per heavy atom. The summed E-state index contributed by atoms with van der Waals surface area (Å²) >= 11 is 12.3. The fourth-order valence-corrected chi connectivity index (χ4v) is 4.35. The Morgan fingerprint density at radius 3 is 2.59 bits per heavy atom. The standard InChI is InChI=1S/C21H23Cl2NO3/c1-5-27-20(26)17-11(2)24-15-9-21(3,4)10-16(25)19(15)18(17)12-6-7-13(22)14(23)8-12/h6-8,17-18H,5,9-10H2,1-4H3/t17?,18-/m1/s1. The number of Topliss-reactive ketones (excluding diaryl/α,β-unsaturated/α-hetero) is 1. The van der Waals surface area contributed by atoms with E-state index in [1.54, 1.807) is 19.1 Å². The monoisotopic (exact) mass is 407 g/mol. The fraction of sp³-hybridized carbons (Fsp3) is 0.476. The molecule has 144 valence electrons. The van der Waals surface area contributed by atoms with Gasteiger partial charge in [0.25, 0.3) is 0 Å². The number of halogens is 2. The van der Waals surface area contributed by atoms with Crippen molar-refractivity contribution >= 4 is 40.7 Å². The quantitative estimate of drug-likeness (QED) is 0.632. The van der Waals surface area contributed by atoms with Gasteiger partial charge in [-0.2, -0.15) is 0 Å². The summed E-state index contributed by atoms with van der Waals surface area (Å²) in [6.07, 6.45) is 1.12. The topological polar surface area (TPSA) is 55.7 Å². The molecule has 0 N–H and O–H groups in total. The molecule has 4 nitrogen and oxygen atoms in total. The third-order valence-electron chi connectivity index (χ3n) is 5.15. The highest BCUT2D eigenvalue weighted by atomic mass is 35.5. The number of rotatable bonds is 3. The van der Waals surface area contributed by atoms with Gasteiger partial charge in [-0.05, 0) is 43.4 Å². The summed E-state index contributed by atoms with van der Waals surface area (Å²) in [4.78, 5) is 30.5. The molecule has 0 aromatic heterocycles. The molecule has 27 heavy (non-hydrogen) atoms. The molecule has 6 heteroatoms. The van der Waals surface area contributed by atoms with Gasteiger partial charge in [0.15, 0.2) is 5.78 Å². The molecule has 0 bridgehead atoms. The fourth-order valence-electron chi connectivity index (χ4n) is 4.05. The Balaban J connectivity index is 2.19. The number of nitrogens with zero attached hydrogens (tertiary/aromatic N) is 1. The van der Waals surface area contributed by atoms with E-state index in [-0.39, 0.29) is 23.8 Å². The number of aliphatic imine (C=N–C) groups is 1. The van der Waals surface area contributed by atoms with Crippen LogP contribution in [-0.4, -0.2) is 24.1 Å². The first-order valence-electron chi connectivity index (χ1n) is 9.07. The smallest absolute Gasteiger partial charge is 0.315 e. The average molecular weight is 408 g/mol. The second kappa shape index (κ2) is 7.40. The van der Waals surface area contributed by atoms with E-state index in [2.05, 4.69) is 18.8 Å². The normalized spacial score (nSPS) is 24.4. The van der Waals surface area contributed by atoms with Gasteiger partial charge in [-0.1, -0.05) is 43.1 Å². The number of carbonyl (C=O) groups is 2. The van der Waals surface area contributed by atoms with Crippen LogP contribution in [0.1, 0.15) is 52.0 Å². The van der Waals surface area contributed by atoms with Gasteiger partial charge in [-0.3, -0.25) is 14.6 Å². The lowest BCUT2D eigenvalue weighted by atomic mass is 9.67. The summed E-state index contributed by atoms with van der Waals surface area (Å²) in [7, 11) is 0. The Labute approximate surface area is 169 Å². The van der Waals surface area contributed by atoms with Crippen LogP contribution >= 0.6 is 23.2 Å². The lowest BCUT2D eigenvalue weighted by Gasteiger charge is -2.39. The molecule has 1 unspecified atom stereocenters. The molecule has 0 fully saturated rings. The zero-order valence-electron chi connectivity index (χ0n) is 15.9. The van der Waals surface area contributed by atoms with E-state index in [1.165, 1.54) is 0 Å². The Bertz CT molecular complexity index is 870. The van der Waals surface area contributed by atoms with Crippen molar-refractivity contribution in [3.05, 3.63) is 45.1 Å². The van der Waals surface area contributed by atoms with Crippen LogP contribution in [0, 0.1) is 11.3 Å². The van der Waals surface area contributed by atoms with Gasteiger partial charge >= 0.3 is 5.97 Å². The predicted octanol–water partition coefficient (Wildman–Crippen LogP) is 5.37. The van der Waals surface area contributed by atoms with Crippen molar-refractivity contribution in [3.8, 4) is 0 Å². The van der Waals surface area contributed by atoms with E-state index in [9.17, 15) is 9.59 Å². The van der Waals surface area contributed by atoms with Crippen molar-refractivity contribution in [1.29, 1.82) is 0 Å². The maximum Gasteiger partial charge on any atom is 0.315 e. The van der Waals surface area contributed by atoms with E-state index in [1.807, 2.05) is 13.0 Å². The van der Waals surface area contributed by atoms with E-state index in [4.69, 9.17) is 27.9 Å². The predicted molar refractivity (Wildman–Crippen MR) is 107 cm³/mol. The van der Waals surface area contributed by atoms with E-state index < -0.39 is 11.8 Å². The van der Waals surface area contributed by atoms with Gasteiger partial charge in [0.05, 0.1) is 16.7 Å². The highest BCUT2D eigenvalue weighted by Gasteiger charge is 2.46. The molecule has 0 saturated heterocycles. The second-order valence-corrected chi connectivity index (χ2v) is 8.75. The summed E-state index contributed by atoms with van der Waals surface area (Å²) < 4.78 is 5.30. The molecular weight excluding hydrogens is 385 g/mol. The molecule has 1 aliphatic carbocycles. The first-order valence-corrected chi connectivity index (χ1v) is 9.83. The number of benzene rings is 1. The average Bonchev–Trinajstić information content (AvgIpc) is 2.55. The molecule has 1 heterocycles. The molecular formula is C21H23Cl2NO3. The van der Waals surface area contributed by atoms with Crippen LogP contribution in [0.2, 0.25) is 10.0 Å². The number of ether oxygens (including phenoxy) is 1. The summed E-state index contributed by atoms with van der Waals surface area (Å²) in [5.41, 5.74) is 2.66. The number of hydrogen-bond donors (Lipinski definition) is 0. The number of esters is 1. The summed E-state index contributed by atoms with van der Waals surface area (Å²) in [6, 6.07) is 5.25. The molecule has 1 aromatic rings. The lowest BCUT2D eigenvalue weighted by molar-refractivity contribution is -0.146. The number of carbonyl (C=O) groups excluding carboxylic acids is 2. The van der Waals surface area contributed by atoms with Crippen LogP contribution in [0.5, 0.6) is 0 Å². The largest absolute Gasteiger partial charge is 0.465 e. The summed E-state index contributed by atoms with van der Waals surface area (Å²) in [5, 5.41) is 0.822. The van der Waals surface area contributed by atoms with Gasteiger partial charge in [-0.25, -0.2) is 0 Å². The summed E-state index contributed by atoms with van der Waals surface area (Å²) in [5.74, 6) is -1.46. The third-order valence-corrected chi connectivity index (χ3v) is 5.88. The Kier molecular flexibility index (Phi) is 5.51. The van der Waals surface area contributed by atoms with Crippen molar-refractivity contribution < 1.29 is 14.3 Å². The maximum atomic E-state index is 13.1. The minimum atomic E-state index is -0.647. The number of hydrogen-bond acceptors (Lipinski definition) is 4. The van der Waals surface area contributed by atoms with Crippen molar-refractivity contribution in [3.63, 3.8) is 0 Å². The minimum absolute atomic E-state index is 0.0304. The van der Waals surface area contributed by atoms with Crippen LogP contribution in [-0.2, 0) is 14.3 Å². The molecule has 1 aromatic carbocycles. The lowest BCUT2D eigenvalue weighted by Crippen LogP contribution is -2.39. The van der Waals surface area contributed by atoms with Gasteiger partial charge in [0.2, 0.25) is 0 Å². The SMILES string of the molecule is CCOC(=O)C1C(C)=NC2=C(C(=O)CC(C)(C)C2)[C@@H]1c1ccc(Cl)c(Cl)c1. The van der Waals surface area contributed by atoms with Crippen molar-refractivity contribution in [2.75, 3.05) is 6.61 Å². The molecule has 2 aliphatic rings. The Hall–Kier alpha value is -1.65. The van der Waals surface area contributed by atoms with Crippen LogP contribution < -0.4 is 0 Å². The Morgan fingerprint density at radius 1 is 1.26 bits per heavy atom. The first-order chi connectivity index (χ1) is 12.6. The van der Waals surface area contributed by atoms with Crippen molar-refractivity contribution in [1.82, 2.24) is 0 Å². The minimum Gasteiger partial charge on any atom is -0.465 e. The van der Waals surface area contributed by atoms with Gasteiger partial charge < -0.3 is 4.74 Å². The summed E-state index contributed by atoms with van der Waals surface area (Å²) in [6.45, 7) is 7.97. The van der Waals surface area contributed by atoms with Crippen LogP contribution in [0.15, 0.2) is 34.5 Å². The zero-order valence-corrected chi connectivity index (χ0v) is 17.4. The van der Waals surface area contributed by atoms with Crippen LogP contribution in [0.4, 0.5) is 0 Å². The number of ketones is 1. The zero-order chi connectivity index (χ0) is 19.9. The maximum absolute atomic E-state index is 13.1. The molecule has 3 rings (SSSR count). The molecule has 0 saturated carbocycles. The number of allylic oxidation sites excluding steroid dienone is 2. The highest BCUT2D eigenvalue weighted by Crippen LogP contribution is 2.48. The molecule has 1 aliphatic heterocycles. The van der Waals surface area contributed by atoms with E-state index >= 15 is 0 Å². The molecule has 0 spiro atoms. The van der Waals surface area contributed by atoms with Crippen LogP contribution in [0.3, 0.4) is 0 Å². The van der Waals surface area contributed by atoms with E-state index in [0.29, 0.717) is 34.2 Å². The second-order valence-electron chi connectivity index (χ2n) is 7.94. The van der Waals surface area contributed by atoms with E-state index in [0.717, 1.165) is 11.3 Å². The van der Waals surface area contributed by atoms with Gasteiger partial charge in [-0.15, -0.1) is 0 Å². The molecule has 2 atom stereocenters. The van der Waals surface area contributed by atoms with Crippen molar-refractivity contribution in [2.45, 2.75) is 46.5 Å².